The van der Waals surface area contributed by atoms with Gasteiger partial charge in [0.05, 0.1) is 6.10 Å². The summed E-state index contributed by atoms with van der Waals surface area (Å²) in [5, 5.41) is 3.10. The number of para-hydroxylation sites is 1. The maximum absolute atomic E-state index is 11.6. The van der Waals surface area contributed by atoms with Gasteiger partial charge in [0.1, 0.15) is 11.8 Å². The molecule has 0 spiro atoms. The Morgan fingerprint density at radius 2 is 1.55 bits per heavy atom. The summed E-state index contributed by atoms with van der Waals surface area (Å²) in [6, 6.07) is 9.16. The molecular weight excluding hydrogens is 297 g/mol. The van der Waals surface area contributed by atoms with Crippen LogP contribution in [0.1, 0.15) is 48.5 Å². The molecule has 1 aromatic carbocycles. The molecule has 128 valence electrons. The van der Waals surface area contributed by atoms with Crippen LogP contribution in [0.3, 0.4) is 0 Å². The Morgan fingerprint density at radius 1 is 1.05 bits per heavy atom. The zero-order chi connectivity index (χ0) is 17.5. The molecule has 0 saturated carbocycles. The van der Waals surface area contributed by atoms with E-state index in [1.165, 1.54) is 0 Å². The molecule has 0 bridgehead atoms. The van der Waals surface area contributed by atoms with Crippen molar-refractivity contribution in [3.8, 4) is 5.75 Å². The lowest BCUT2D eigenvalue weighted by molar-refractivity contribution is -0.148. The van der Waals surface area contributed by atoms with E-state index in [1.54, 1.807) is 6.92 Å². The second-order valence-electron chi connectivity index (χ2n) is 4.24. The first-order valence-corrected chi connectivity index (χ1v) is 9.63. The van der Waals surface area contributed by atoms with Crippen LogP contribution < -0.4 is 9.61 Å². The topological polar surface area (TPSA) is 47.6 Å². The molecule has 0 aromatic heterocycles. The van der Waals surface area contributed by atoms with Crippen LogP contribution >= 0.6 is 8.30 Å². The standard InChI is InChI=1S/C13H20NO3P.2C2H6/c1-10(2)16-13(15)11(3)14-18(4)17-12-8-6-5-7-9-12;2*1-2/h5-11,14H,1-4H3;2*1-2H3. The summed E-state index contributed by atoms with van der Waals surface area (Å²) in [6.45, 7) is 15.4. The van der Waals surface area contributed by atoms with Crippen molar-refractivity contribution in [1.82, 2.24) is 5.09 Å². The molecule has 0 fully saturated rings. The largest absolute Gasteiger partial charge is 0.462 e. The van der Waals surface area contributed by atoms with Gasteiger partial charge >= 0.3 is 5.97 Å². The minimum atomic E-state index is -0.905. The molecule has 0 amide bonds. The van der Waals surface area contributed by atoms with Crippen LogP contribution in [0.25, 0.3) is 0 Å². The van der Waals surface area contributed by atoms with Crippen molar-refractivity contribution in [1.29, 1.82) is 0 Å². The normalized spacial score (nSPS) is 12.0. The number of esters is 1. The fourth-order valence-electron chi connectivity index (χ4n) is 1.33. The van der Waals surface area contributed by atoms with Crippen molar-refractivity contribution in [2.75, 3.05) is 6.66 Å². The summed E-state index contributed by atoms with van der Waals surface area (Å²) in [5.41, 5.74) is 0. The lowest BCUT2D eigenvalue weighted by Gasteiger charge is -2.20. The average Bonchev–Trinajstić information content (AvgIpc) is 2.51. The molecule has 0 saturated heterocycles. The number of nitrogens with one attached hydrogen (secondary N) is 1. The van der Waals surface area contributed by atoms with Gasteiger partial charge in [-0.05, 0) is 32.9 Å². The second-order valence-corrected chi connectivity index (χ2v) is 5.67. The van der Waals surface area contributed by atoms with E-state index in [4.69, 9.17) is 9.26 Å². The molecule has 4 nitrogen and oxygen atoms in total. The maximum atomic E-state index is 11.6. The summed E-state index contributed by atoms with van der Waals surface area (Å²) in [7, 11) is -0.905. The Balaban J connectivity index is 0. The summed E-state index contributed by atoms with van der Waals surface area (Å²) < 4.78 is 10.8. The quantitative estimate of drug-likeness (QED) is 0.590. The van der Waals surface area contributed by atoms with E-state index in [-0.39, 0.29) is 18.1 Å². The fraction of sp³-hybridized carbons (Fsp3) is 0.588. The molecule has 1 aromatic rings. The van der Waals surface area contributed by atoms with Crippen molar-refractivity contribution in [3.63, 3.8) is 0 Å². The molecule has 2 atom stereocenters. The van der Waals surface area contributed by atoms with Gasteiger partial charge in [0.2, 0.25) is 0 Å². The van der Waals surface area contributed by atoms with Crippen molar-refractivity contribution in [2.45, 2.75) is 60.6 Å². The van der Waals surface area contributed by atoms with Crippen LogP contribution in [0.15, 0.2) is 30.3 Å². The first kappa shape index (κ1) is 23.2. The molecular formula is C17H32NO3P. The highest BCUT2D eigenvalue weighted by molar-refractivity contribution is 7.49. The highest BCUT2D eigenvalue weighted by atomic mass is 31.2. The lowest BCUT2D eigenvalue weighted by atomic mass is 10.3. The molecule has 0 aliphatic rings. The van der Waals surface area contributed by atoms with E-state index < -0.39 is 8.30 Å². The number of hydrogen-bond acceptors (Lipinski definition) is 4. The van der Waals surface area contributed by atoms with Crippen molar-refractivity contribution >= 4 is 14.3 Å². The van der Waals surface area contributed by atoms with E-state index in [1.807, 2.05) is 78.5 Å². The summed E-state index contributed by atoms with van der Waals surface area (Å²) in [4.78, 5) is 11.6. The third-order valence-corrected chi connectivity index (χ3v) is 3.30. The van der Waals surface area contributed by atoms with Crippen LogP contribution in [-0.4, -0.2) is 24.8 Å². The molecule has 0 radical (unpaired) electrons. The Labute approximate surface area is 137 Å². The smallest absolute Gasteiger partial charge is 0.323 e. The number of carbonyl (C=O) groups excluding carboxylic acids is 1. The van der Waals surface area contributed by atoms with Crippen LogP contribution in [0.4, 0.5) is 0 Å². The minimum absolute atomic E-state index is 0.0973. The van der Waals surface area contributed by atoms with Crippen LogP contribution in [-0.2, 0) is 9.53 Å². The zero-order valence-electron chi connectivity index (χ0n) is 15.2. The third-order valence-electron chi connectivity index (χ3n) is 2.07. The molecule has 0 aliphatic carbocycles. The fourth-order valence-corrected chi connectivity index (χ4v) is 2.47. The van der Waals surface area contributed by atoms with E-state index >= 15 is 0 Å². The summed E-state index contributed by atoms with van der Waals surface area (Å²) in [6.07, 6.45) is -0.0973. The van der Waals surface area contributed by atoms with Crippen molar-refractivity contribution < 1.29 is 14.1 Å². The monoisotopic (exact) mass is 329 g/mol. The maximum Gasteiger partial charge on any atom is 0.323 e. The van der Waals surface area contributed by atoms with Gasteiger partial charge in [-0.25, -0.2) is 0 Å². The molecule has 0 aliphatic heterocycles. The summed E-state index contributed by atoms with van der Waals surface area (Å²) >= 11 is 0. The van der Waals surface area contributed by atoms with Crippen LogP contribution in [0.5, 0.6) is 5.75 Å². The lowest BCUT2D eigenvalue weighted by Crippen LogP contribution is -2.34. The number of carbonyl (C=O) groups is 1. The highest BCUT2D eigenvalue weighted by Crippen LogP contribution is 2.30. The van der Waals surface area contributed by atoms with Gasteiger partial charge in [0.15, 0.2) is 8.30 Å². The first-order chi connectivity index (χ1) is 10.5. The Hall–Kier alpha value is -1.12. The van der Waals surface area contributed by atoms with Gasteiger partial charge in [-0.1, -0.05) is 45.9 Å². The van der Waals surface area contributed by atoms with Gasteiger partial charge in [-0.3, -0.25) is 9.88 Å². The Kier molecular flexibility index (Phi) is 15.6. The molecule has 5 heteroatoms. The van der Waals surface area contributed by atoms with Crippen molar-refractivity contribution in [3.05, 3.63) is 30.3 Å². The van der Waals surface area contributed by atoms with Gasteiger partial charge in [0.25, 0.3) is 0 Å². The number of hydrogen-bond donors (Lipinski definition) is 1. The van der Waals surface area contributed by atoms with E-state index in [0.717, 1.165) is 5.75 Å². The van der Waals surface area contributed by atoms with Gasteiger partial charge in [-0.2, -0.15) is 0 Å². The SMILES string of the molecule is CC.CC.CC(C)OC(=O)C(C)NP(C)Oc1ccccc1. The predicted molar refractivity (Wildman–Crippen MR) is 96.4 cm³/mol. The number of ether oxygens (including phenoxy) is 1. The summed E-state index contributed by atoms with van der Waals surface area (Å²) in [5.74, 6) is 0.541. The molecule has 0 heterocycles. The molecule has 1 rings (SSSR count). The minimum Gasteiger partial charge on any atom is -0.462 e. The highest BCUT2D eigenvalue weighted by Gasteiger charge is 2.18. The molecule has 22 heavy (non-hydrogen) atoms. The average molecular weight is 329 g/mol. The predicted octanol–water partition coefficient (Wildman–Crippen LogP) is 4.99. The van der Waals surface area contributed by atoms with E-state index in [0.29, 0.717) is 0 Å². The zero-order valence-corrected chi connectivity index (χ0v) is 16.1. The van der Waals surface area contributed by atoms with Crippen LogP contribution in [0, 0.1) is 0 Å². The van der Waals surface area contributed by atoms with Gasteiger partial charge < -0.3 is 9.26 Å². The van der Waals surface area contributed by atoms with Gasteiger partial charge in [-0.15, -0.1) is 0 Å². The Morgan fingerprint density at radius 3 is 2.00 bits per heavy atom. The van der Waals surface area contributed by atoms with Crippen molar-refractivity contribution in [2.24, 2.45) is 0 Å². The molecule has 2 unspecified atom stereocenters. The molecule has 1 N–H and O–H groups in total. The number of rotatable bonds is 6. The van der Waals surface area contributed by atoms with Gasteiger partial charge in [0, 0.05) is 6.66 Å². The Bertz CT molecular complexity index is 371. The van der Waals surface area contributed by atoms with Crippen LogP contribution in [0.2, 0.25) is 0 Å². The van der Waals surface area contributed by atoms with E-state index in [9.17, 15) is 4.79 Å². The van der Waals surface area contributed by atoms with E-state index in [2.05, 4.69) is 5.09 Å². The first-order valence-electron chi connectivity index (χ1n) is 7.92. The third kappa shape index (κ3) is 11.5. The number of benzene rings is 1. The second kappa shape index (κ2) is 14.8.